The summed E-state index contributed by atoms with van der Waals surface area (Å²) in [5.41, 5.74) is 0. The zero-order chi connectivity index (χ0) is 17.6. The molecule has 1 aromatic heterocycles. The minimum absolute atomic E-state index is 0.000772. The average Bonchev–Trinajstić information content (AvgIpc) is 3.20. The van der Waals surface area contributed by atoms with Crippen LogP contribution in [0.3, 0.4) is 0 Å². The molecule has 3 aliphatic rings. The van der Waals surface area contributed by atoms with Crippen molar-refractivity contribution >= 4 is 15.7 Å². The van der Waals surface area contributed by atoms with E-state index >= 15 is 0 Å². The van der Waals surface area contributed by atoms with Gasteiger partial charge in [-0.2, -0.15) is 0 Å². The molecule has 1 aromatic rings. The maximum atomic E-state index is 12.2. The lowest BCUT2D eigenvalue weighted by atomic mass is 10.0. The van der Waals surface area contributed by atoms with E-state index in [4.69, 9.17) is 9.15 Å². The van der Waals surface area contributed by atoms with Gasteiger partial charge in [-0.05, 0) is 12.8 Å². The van der Waals surface area contributed by atoms with Crippen molar-refractivity contribution in [2.75, 3.05) is 38.3 Å². The van der Waals surface area contributed by atoms with Crippen LogP contribution in [-0.4, -0.2) is 84.7 Å². The fourth-order valence-corrected chi connectivity index (χ4v) is 5.75. The van der Waals surface area contributed by atoms with Crippen LogP contribution >= 0.6 is 0 Å². The molecule has 10 heteroatoms. The van der Waals surface area contributed by atoms with Crippen molar-refractivity contribution in [3.05, 3.63) is 11.8 Å². The number of aromatic nitrogens is 2. The molecule has 0 unspecified atom stereocenters. The number of nitrogens with zero attached hydrogens (tertiary/aromatic N) is 4. The lowest BCUT2D eigenvalue weighted by Gasteiger charge is -2.43. The molecule has 4 rings (SSSR count). The Morgan fingerprint density at radius 3 is 2.72 bits per heavy atom. The van der Waals surface area contributed by atoms with Gasteiger partial charge in [0.1, 0.15) is 6.61 Å². The predicted octanol–water partition coefficient (Wildman–Crippen LogP) is -0.597. The molecule has 2 aliphatic heterocycles. The Hall–Kier alpha value is -1.52. The van der Waals surface area contributed by atoms with E-state index in [1.54, 1.807) is 4.90 Å². The maximum absolute atomic E-state index is 12.2. The Kier molecular flexibility index (Phi) is 4.28. The zero-order valence-corrected chi connectivity index (χ0v) is 14.9. The van der Waals surface area contributed by atoms with Crippen molar-refractivity contribution in [3.63, 3.8) is 0 Å². The Morgan fingerprint density at radius 1 is 1.24 bits per heavy atom. The first-order chi connectivity index (χ1) is 12.0. The molecule has 0 N–H and O–H groups in total. The molecule has 9 nitrogen and oxygen atoms in total. The van der Waals surface area contributed by atoms with E-state index in [0.29, 0.717) is 37.3 Å². The number of rotatable bonds is 5. The number of methoxy groups -OCH3 is 1. The number of fused-ring (bicyclic) bond motifs is 1. The largest absolute Gasteiger partial charge is 0.424 e. The van der Waals surface area contributed by atoms with E-state index in [0.717, 1.165) is 12.8 Å². The highest BCUT2D eigenvalue weighted by atomic mass is 32.2. The van der Waals surface area contributed by atoms with Gasteiger partial charge in [-0.3, -0.25) is 9.69 Å². The van der Waals surface area contributed by atoms with Crippen molar-refractivity contribution < 1.29 is 22.4 Å². The van der Waals surface area contributed by atoms with Crippen molar-refractivity contribution in [1.82, 2.24) is 20.0 Å². The molecule has 1 aliphatic carbocycles. The number of carbonyl (C=O) groups excluding carboxylic acids is 1. The van der Waals surface area contributed by atoms with Crippen molar-refractivity contribution in [1.29, 1.82) is 0 Å². The van der Waals surface area contributed by atoms with E-state index in [1.807, 2.05) is 0 Å². The molecule has 0 radical (unpaired) electrons. The second-order valence-corrected chi connectivity index (χ2v) is 9.16. The third-order valence-electron chi connectivity index (χ3n) is 5.13. The Labute approximate surface area is 146 Å². The lowest BCUT2D eigenvalue weighted by molar-refractivity contribution is -0.141. The van der Waals surface area contributed by atoms with Gasteiger partial charge in [0.05, 0.1) is 24.1 Å². The first-order valence-electron chi connectivity index (χ1n) is 8.52. The topological polar surface area (TPSA) is 106 Å². The molecule has 1 saturated carbocycles. The van der Waals surface area contributed by atoms with E-state index in [1.165, 1.54) is 7.11 Å². The number of amides is 1. The van der Waals surface area contributed by atoms with E-state index in [9.17, 15) is 13.2 Å². The molecular weight excluding hydrogens is 348 g/mol. The number of sulfone groups is 1. The van der Waals surface area contributed by atoms with Gasteiger partial charge in [-0.25, -0.2) is 8.42 Å². The van der Waals surface area contributed by atoms with Gasteiger partial charge in [-0.15, -0.1) is 10.2 Å². The quantitative estimate of drug-likeness (QED) is 0.677. The van der Waals surface area contributed by atoms with Gasteiger partial charge in [0.15, 0.2) is 9.84 Å². The van der Waals surface area contributed by atoms with Gasteiger partial charge in [0.2, 0.25) is 17.7 Å². The average molecular weight is 370 g/mol. The summed E-state index contributed by atoms with van der Waals surface area (Å²) in [6.45, 7) is 1.44. The van der Waals surface area contributed by atoms with Crippen LogP contribution < -0.4 is 0 Å². The Balaban J connectivity index is 1.50. The smallest absolute Gasteiger partial charge is 0.248 e. The molecule has 138 valence electrons. The fraction of sp³-hybridized carbons (Fsp3) is 0.800. The monoisotopic (exact) mass is 370 g/mol. The van der Waals surface area contributed by atoms with Crippen LogP contribution in [0.5, 0.6) is 0 Å². The molecule has 0 bridgehead atoms. The van der Waals surface area contributed by atoms with E-state index in [2.05, 4.69) is 15.1 Å². The highest BCUT2D eigenvalue weighted by Crippen LogP contribution is 2.39. The van der Waals surface area contributed by atoms with Crippen LogP contribution in [0.15, 0.2) is 4.42 Å². The Morgan fingerprint density at radius 2 is 2.00 bits per heavy atom. The zero-order valence-electron chi connectivity index (χ0n) is 14.1. The SMILES string of the molecule is COCC(=O)N1CCN(Cc2nnc(C3CC3)o2)[C@@H]2CS(=O)(=O)C[C@@H]21. The predicted molar refractivity (Wildman–Crippen MR) is 86.5 cm³/mol. The van der Waals surface area contributed by atoms with Crippen LogP contribution in [-0.2, 0) is 25.9 Å². The van der Waals surface area contributed by atoms with Gasteiger partial charge in [0.25, 0.3) is 0 Å². The molecule has 0 spiro atoms. The molecule has 0 aromatic carbocycles. The van der Waals surface area contributed by atoms with E-state index < -0.39 is 9.84 Å². The first kappa shape index (κ1) is 16.9. The van der Waals surface area contributed by atoms with Crippen LogP contribution in [0, 0.1) is 0 Å². The molecule has 2 saturated heterocycles. The standard InChI is InChI=1S/C15H22N4O5S/c1-23-7-14(20)19-5-4-18(11-8-25(21,22)9-12(11)19)6-13-16-17-15(24-13)10-2-3-10/h10-12H,2-9H2,1H3/t11-,12+/m1/s1. The van der Waals surface area contributed by atoms with Gasteiger partial charge in [0, 0.05) is 32.2 Å². The van der Waals surface area contributed by atoms with Crippen molar-refractivity contribution in [3.8, 4) is 0 Å². The summed E-state index contributed by atoms with van der Waals surface area (Å²) >= 11 is 0. The summed E-state index contributed by atoms with van der Waals surface area (Å²) in [6, 6.07) is -0.581. The highest BCUT2D eigenvalue weighted by Gasteiger charge is 2.48. The molecule has 1 amide bonds. The second-order valence-electron chi connectivity index (χ2n) is 7.01. The molecule has 25 heavy (non-hydrogen) atoms. The van der Waals surface area contributed by atoms with Crippen molar-refractivity contribution in [2.45, 2.75) is 37.4 Å². The van der Waals surface area contributed by atoms with Crippen LogP contribution in [0.25, 0.3) is 0 Å². The maximum Gasteiger partial charge on any atom is 0.248 e. The van der Waals surface area contributed by atoms with Gasteiger partial charge < -0.3 is 14.1 Å². The number of hydrogen-bond acceptors (Lipinski definition) is 8. The second kappa shape index (κ2) is 6.33. The summed E-state index contributed by atoms with van der Waals surface area (Å²) in [5, 5.41) is 8.18. The Bertz CT molecular complexity index is 760. The number of hydrogen-bond donors (Lipinski definition) is 0. The van der Waals surface area contributed by atoms with E-state index in [-0.39, 0.29) is 36.1 Å². The van der Waals surface area contributed by atoms with Gasteiger partial charge >= 0.3 is 0 Å². The summed E-state index contributed by atoms with van der Waals surface area (Å²) < 4.78 is 35.0. The van der Waals surface area contributed by atoms with Crippen LogP contribution in [0.1, 0.15) is 30.5 Å². The minimum Gasteiger partial charge on any atom is -0.424 e. The van der Waals surface area contributed by atoms with Crippen LogP contribution in [0.2, 0.25) is 0 Å². The minimum atomic E-state index is -3.18. The summed E-state index contributed by atoms with van der Waals surface area (Å²) in [7, 11) is -1.71. The van der Waals surface area contributed by atoms with Gasteiger partial charge in [-0.1, -0.05) is 0 Å². The third-order valence-corrected chi connectivity index (χ3v) is 6.83. The van der Waals surface area contributed by atoms with Crippen LogP contribution in [0.4, 0.5) is 0 Å². The van der Waals surface area contributed by atoms with Crippen molar-refractivity contribution in [2.24, 2.45) is 0 Å². The highest BCUT2D eigenvalue weighted by molar-refractivity contribution is 7.91. The summed E-state index contributed by atoms with van der Waals surface area (Å²) in [6.07, 6.45) is 2.18. The third kappa shape index (κ3) is 3.42. The lowest BCUT2D eigenvalue weighted by Crippen LogP contribution is -2.60. The number of carbonyl (C=O) groups is 1. The normalized spacial score (nSPS) is 28.9. The number of ether oxygens (including phenoxy) is 1. The molecule has 3 heterocycles. The fourth-order valence-electron chi connectivity index (χ4n) is 3.74. The molecule has 2 atom stereocenters. The number of piperazine rings is 1. The summed E-state index contributed by atoms with van der Waals surface area (Å²) in [4.78, 5) is 16.0. The molecular formula is C15H22N4O5S. The first-order valence-corrected chi connectivity index (χ1v) is 10.3. The summed E-state index contributed by atoms with van der Waals surface area (Å²) in [5.74, 6) is 1.48. The molecule has 3 fully saturated rings.